The second-order valence-corrected chi connectivity index (χ2v) is 7.26. The number of ether oxygens (including phenoxy) is 5. The Hall–Kier alpha value is -3.04. The summed E-state index contributed by atoms with van der Waals surface area (Å²) >= 11 is -1.36. The number of carboxylic acids is 1. The molecule has 8 nitrogen and oxygen atoms in total. The van der Waals surface area contributed by atoms with Crippen LogP contribution in [0.3, 0.4) is 0 Å². The average Bonchev–Trinajstić information content (AvgIpc) is 2.75. The van der Waals surface area contributed by atoms with Gasteiger partial charge in [0, 0.05) is 23.8 Å². The summed E-state index contributed by atoms with van der Waals surface area (Å²) in [6.07, 6.45) is 1.67. The van der Waals surface area contributed by atoms with Gasteiger partial charge < -0.3 is 33.3 Å². The van der Waals surface area contributed by atoms with E-state index in [0.717, 1.165) is 0 Å². The molecule has 0 fully saturated rings. The molecular weight excluding hydrogens is 412 g/mol. The van der Waals surface area contributed by atoms with Crippen LogP contribution < -0.4 is 23.7 Å². The number of methoxy groups -OCH3 is 4. The Morgan fingerprint density at radius 1 is 0.967 bits per heavy atom. The molecule has 0 bridgehead atoms. The smallest absolute Gasteiger partial charge is 0.341 e. The van der Waals surface area contributed by atoms with Crippen molar-refractivity contribution in [3.63, 3.8) is 0 Å². The minimum atomic E-state index is -1.36. The van der Waals surface area contributed by atoms with Crippen LogP contribution in [0.25, 0.3) is 6.08 Å². The van der Waals surface area contributed by atoms with Gasteiger partial charge in [-0.2, -0.15) is 0 Å². The zero-order valence-corrected chi connectivity index (χ0v) is 18.0. The van der Waals surface area contributed by atoms with E-state index in [1.165, 1.54) is 26.7 Å². The molecule has 30 heavy (non-hydrogen) atoms. The topological polar surface area (TPSA) is 107 Å². The number of benzene rings is 2. The number of carboxylic acid groups (broad SMARTS) is 1. The van der Waals surface area contributed by atoms with E-state index in [0.29, 0.717) is 34.1 Å². The van der Waals surface area contributed by atoms with Crippen LogP contribution in [0.2, 0.25) is 0 Å². The van der Waals surface area contributed by atoms with Gasteiger partial charge in [0.1, 0.15) is 28.4 Å². The van der Waals surface area contributed by atoms with Gasteiger partial charge in [-0.25, -0.2) is 4.79 Å². The van der Waals surface area contributed by atoms with Crippen molar-refractivity contribution in [1.82, 2.24) is 0 Å². The average molecular weight is 436 g/mol. The third kappa shape index (κ3) is 6.23. The Morgan fingerprint density at radius 2 is 1.60 bits per heavy atom. The summed E-state index contributed by atoms with van der Waals surface area (Å²) < 4.78 is 39.0. The molecule has 0 saturated carbocycles. The van der Waals surface area contributed by atoms with Crippen molar-refractivity contribution in [3.05, 3.63) is 46.9 Å². The summed E-state index contributed by atoms with van der Waals surface area (Å²) in [6, 6.07) is 8.42. The van der Waals surface area contributed by atoms with Crippen molar-refractivity contribution in [1.29, 1.82) is 0 Å². The molecule has 2 aromatic carbocycles. The SMILES string of the molecule is COc1cc(OC)c(C=C[S+]([O-])Cc2ccc(OC)c(OCC(=O)O)c2)c(OC)c1. The third-order valence-corrected chi connectivity index (χ3v) is 5.09. The predicted octanol–water partition coefficient (Wildman–Crippen LogP) is 3.10. The van der Waals surface area contributed by atoms with E-state index in [2.05, 4.69) is 0 Å². The molecule has 2 rings (SSSR count). The first-order chi connectivity index (χ1) is 14.4. The zero-order valence-electron chi connectivity index (χ0n) is 17.2. The van der Waals surface area contributed by atoms with Crippen LogP contribution in [-0.4, -0.2) is 50.7 Å². The quantitative estimate of drug-likeness (QED) is 0.536. The van der Waals surface area contributed by atoms with E-state index in [1.807, 2.05) is 0 Å². The standard InChI is InChI=1S/C21H24O8S/c1-25-15-10-18(27-3)16(19(11-15)28-4)7-8-30(24)13-14-5-6-17(26-2)20(9-14)29-12-21(22)23/h5-11H,12-13H2,1-4H3,(H,22,23). The van der Waals surface area contributed by atoms with Crippen molar-refractivity contribution < 1.29 is 38.1 Å². The highest BCUT2D eigenvalue weighted by molar-refractivity contribution is 7.93. The lowest BCUT2D eigenvalue weighted by atomic mass is 10.1. The minimum absolute atomic E-state index is 0.199. The first kappa shape index (κ1) is 23.2. The van der Waals surface area contributed by atoms with Crippen molar-refractivity contribution in [2.24, 2.45) is 0 Å². The molecule has 1 N–H and O–H groups in total. The molecule has 0 aliphatic rings. The Balaban J connectivity index is 2.19. The van der Waals surface area contributed by atoms with Crippen molar-refractivity contribution >= 4 is 23.2 Å². The molecule has 0 spiro atoms. The monoisotopic (exact) mass is 436 g/mol. The summed E-state index contributed by atoms with van der Waals surface area (Å²) in [6.45, 7) is -0.500. The van der Waals surface area contributed by atoms with Gasteiger partial charge in [-0.05, 0) is 23.3 Å². The van der Waals surface area contributed by atoms with Gasteiger partial charge in [0.25, 0.3) is 0 Å². The van der Waals surface area contributed by atoms with Crippen LogP contribution in [0, 0.1) is 0 Å². The van der Waals surface area contributed by atoms with Crippen LogP contribution in [0.4, 0.5) is 0 Å². The lowest BCUT2D eigenvalue weighted by molar-refractivity contribution is -0.139. The second-order valence-electron chi connectivity index (χ2n) is 5.94. The van der Waals surface area contributed by atoms with Crippen LogP contribution in [0.1, 0.15) is 11.1 Å². The van der Waals surface area contributed by atoms with Gasteiger partial charge in [-0.15, -0.1) is 0 Å². The molecule has 0 amide bonds. The molecule has 9 heteroatoms. The van der Waals surface area contributed by atoms with Gasteiger partial charge >= 0.3 is 5.97 Å². The summed E-state index contributed by atoms with van der Waals surface area (Å²) in [5.74, 6) is 1.39. The largest absolute Gasteiger partial charge is 0.612 e. The van der Waals surface area contributed by atoms with E-state index in [1.54, 1.807) is 43.5 Å². The highest BCUT2D eigenvalue weighted by Gasteiger charge is 2.14. The zero-order chi connectivity index (χ0) is 22.1. The third-order valence-electron chi connectivity index (χ3n) is 4.03. The Labute approximate surface area is 178 Å². The fourth-order valence-electron chi connectivity index (χ4n) is 2.62. The molecule has 1 atom stereocenters. The Bertz CT molecular complexity index is 872. The maximum Gasteiger partial charge on any atom is 0.341 e. The molecule has 0 aliphatic heterocycles. The predicted molar refractivity (Wildman–Crippen MR) is 113 cm³/mol. The van der Waals surface area contributed by atoms with E-state index in [4.69, 9.17) is 28.8 Å². The van der Waals surface area contributed by atoms with E-state index >= 15 is 0 Å². The molecule has 0 aromatic heterocycles. The maximum atomic E-state index is 12.6. The molecule has 2 aromatic rings. The normalized spacial score (nSPS) is 11.8. The van der Waals surface area contributed by atoms with Crippen molar-refractivity contribution in [2.45, 2.75) is 5.75 Å². The molecule has 0 heterocycles. The lowest BCUT2D eigenvalue weighted by Crippen LogP contribution is -2.10. The molecule has 0 saturated heterocycles. The number of aliphatic carboxylic acids is 1. The number of carbonyl (C=O) groups is 1. The molecule has 0 radical (unpaired) electrons. The molecule has 1 unspecified atom stereocenters. The van der Waals surface area contributed by atoms with Gasteiger partial charge in [0.05, 0.1) is 34.0 Å². The fourth-order valence-corrected chi connectivity index (χ4v) is 3.51. The van der Waals surface area contributed by atoms with Crippen LogP contribution >= 0.6 is 0 Å². The highest BCUT2D eigenvalue weighted by Crippen LogP contribution is 2.35. The van der Waals surface area contributed by atoms with E-state index < -0.39 is 23.8 Å². The van der Waals surface area contributed by atoms with Crippen molar-refractivity contribution in [2.75, 3.05) is 35.0 Å². The summed E-state index contributed by atoms with van der Waals surface area (Å²) in [7, 11) is 6.05. The first-order valence-corrected chi connectivity index (χ1v) is 10.2. The molecule has 162 valence electrons. The summed E-state index contributed by atoms with van der Waals surface area (Å²) in [5.41, 5.74) is 1.34. The van der Waals surface area contributed by atoms with E-state index in [-0.39, 0.29) is 11.5 Å². The fraction of sp³-hybridized carbons (Fsp3) is 0.286. The first-order valence-electron chi connectivity index (χ1n) is 8.78. The minimum Gasteiger partial charge on any atom is -0.612 e. The molecule has 0 aliphatic carbocycles. The number of hydrogen-bond acceptors (Lipinski definition) is 7. The van der Waals surface area contributed by atoms with Crippen LogP contribution in [0.15, 0.2) is 35.7 Å². The Morgan fingerprint density at radius 3 is 2.13 bits per heavy atom. The highest BCUT2D eigenvalue weighted by atomic mass is 32.2. The van der Waals surface area contributed by atoms with Crippen LogP contribution in [-0.2, 0) is 21.7 Å². The Kier molecular flexibility index (Phi) is 8.70. The summed E-state index contributed by atoms with van der Waals surface area (Å²) in [4.78, 5) is 10.7. The van der Waals surface area contributed by atoms with Gasteiger partial charge in [0.15, 0.2) is 18.1 Å². The van der Waals surface area contributed by atoms with Gasteiger partial charge in [0.2, 0.25) is 0 Å². The second kappa shape index (κ2) is 11.2. The summed E-state index contributed by atoms with van der Waals surface area (Å²) in [5, 5.41) is 10.3. The van der Waals surface area contributed by atoms with Crippen molar-refractivity contribution in [3.8, 4) is 28.7 Å². The van der Waals surface area contributed by atoms with Gasteiger partial charge in [-0.3, -0.25) is 0 Å². The molecular formula is C21H24O8S. The number of rotatable bonds is 11. The van der Waals surface area contributed by atoms with E-state index in [9.17, 15) is 9.35 Å². The van der Waals surface area contributed by atoms with Crippen LogP contribution in [0.5, 0.6) is 28.7 Å². The lowest BCUT2D eigenvalue weighted by Gasteiger charge is -2.13. The number of hydrogen-bond donors (Lipinski definition) is 1. The maximum absolute atomic E-state index is 12.6. The van der Waals surface area contributed by atoms with Gasteiger partial charge in [-0.1, -0.05) is 6.07 Å².